The van der Waals surface area contributed by atoms with Crippen molar-refractivity contribution in [2.75, 3.05) is 19.9 Å². The Bertz CT molecular complexity index is 1650. The smallest absolute Gasteiger partial charge is 0.346 e. The van der Waals surface area contributed by atoms with Gasteiger partial charge in [0.2, 0.25) is 0 Å². The van der Waals surface area contributed by atoms with E-state index in [1.54, 1.807) is 40.9 Å². The molecule has 13 nitrogen and oxygen atoms in total. The van der Waals surface area contributed by atoms with Crippen molar-refractivity contribution in [2.45, 2.75) is 44.8 Å². The van der Waals surface area contributed by atoms with E-state index in [2.05, 4.69) is 15.4 Å². The summed E-state index contributed by atoms with van der Waals surface area (Å²) in [6.45, 7) is 0.557. The van der Waals surface area contributed by atoms with Gasteiger partial charge in [-0.15, -0.1) is 0 Å². The van der Waals surface area contributed by atoms with E-state index < -0.39 is 17.6 Å². The molecule has 0 bridgehead atoms. The number of ether oxygens (including phenoxy) is 1. The Morgan fingerprint density at radius 1 is 1.14 bits per heavy atom. The highest BCUT2D eigenvalue weighted by molar-refractivity contribution is 6.03. The van der Waals surface area contributed by atoms with Crippen LogP contribution in [0, 0.1) is 11.7 Å². The number of carbonyl (C=O) groups excluding carboxylic acids is 3. The molecule has 2 heterocycles. The molecule has 0 saturated heterocycles. The van der Waals surface area contributed by atoms with Gasteiger partial charge in [0.1, 0.15) is 41.3 Å². The topological polar surface area (TPSA) is 176 Å². The number of rotatable bonds is 9. The molecular weight excluding hydrogens is 569 g/mol. The number of nitrogen functional groups attached to an aromatic ring is 1. The van der Waals surface area contributed by atoms with Crippen LogP contribution in [0.1, 0.15) is 52.0 Å². The van der Waals surface area contributed by atoms with Crippen molar-refractivity contribution in [3.05, 3.63) is 77.6 Å². The summed E-state index contributed by atoms with van der Waals surface area (Å²) in [7, 11) is 3.16. The van der Waals surface area contributed by atoms with Crippen molar-refractivity contribution >= 4 is 23.7 Å². The van der Waals surface area contributed by atoms with Crippen LogP contribution in [0.3, 0.4) is 0 Å². The van der Waals surface area contributed by atoms with Crippen LogP contribution < -0.4 is 21.5 Å². The summed E-state index contributed by atoms with van der Waals surface area (Å²) < 4.78 is 21.6. The molecule has 3 amide bonds. The number of carbonyl (C=O) groups is 3. The Kier molecular flexibility index (Phi) is 8.88. The monoisotopic (exact) mass is 603 g/mol. The van der Waals surface area contributed by atoms with Gasteiger partial charge < -0.3 is 26.4 Å². The fourth-order valence-electron chi connectivity index (χ4n) is 5.72. The molecule has 2 unspecified atom stereocenters. The number of benzene rings is 2. The predicted octanol–water partition coefficient (Wildman–Crippen LogP) is 3.06. The van der Waals surface area contributed by atoms with Crippen LogP contribution in [0.15, 0.2) is 55.1 Å². The minimum atomic E-state index is -0.706. The lowest BCUT2D eigenvalue weighted by atomic mass is 9.83. The maximum atomic E-state index is 13.7. The summed E-state index contributed by atoms with van der Waals surface area (Å²) in [6, 6.07) is 10.4. The first kappa shape index (κ1) is 30.2. The van der Waals surface area contributed by atoms with Crippen molar-refractivity contribution in [1.29, 1.82) is 0 Å². The van der Waals surface area contributed by atoms with Crippen molar-refractivity contribution in [1.82, 2.24) is 34.8 Å². The molecule has 1 aliphatic carbocycles. The van der Waals surface area contributed by atoms with Crippen LogP contribution in [-0.2, 0) is 13.1 Å². The average Bonchev–Trinajstić information content (AvgIpc) is 3.68. The Labute approximate surface area is 253 Å². The molecule has 2 aromatic heterocycles. The summed E-state index contributed by atoms with van der Waals surface area (Å²) in [4.78, 5) is 43.7. The lowest BCUT2D eigenvalue weighted by molar-refractivity contribution is 0.0946. The zero-order valence-electron chi connectivity index (χ0n) is 24.4. The maximum absolute atomic E-state index is 13.7. The number of amides is 3. The zero-order valence-corrected chi connectivity index (χ0v) is 24.4. The van der Waals surface area contributed by atoms with Crippen LogP contribution in [0.25, 0.3) is 11.3 Å². The van der Waals surface area contributed by atoms with Crippen molar-refractivity contribution < 1.29 is 23.5 Å². The lowest BCUT2D eigenvalue weighted by Crippen LogP contribution is -2.46. The van der Waals surface area contributed by atoms with Crippen LogP contribution >= 0.6 is 0 Å². The number of hydrogen-bond acceptors (Lipinski definition) is 8. The van der Waals surface area contributed by atoms with E-state index in [4.69, 9.17) is 21.3 Å². The molecule has 14 heteroatoms. The van der Waals surface area contributed by atoms with E-state index in [1.165, 1.54) is 36.6 Å². The first-order valence-corrected chi connectivity index (χ1v) is 14.2. The number of nitrogens with one attached hydrogen (secondary N) is 1. The van der Waals surface area contributed by atoms with Gasteiger partial charge in [0, 0.05) is 31.7 Å². The summed E-state index contributed by atoms with van der Waals surface area (Å²) >= 11 is 0. The molecule has 2 aromatic carbocycles. The van der Waals surface area contributed by atoms with Gasteiger partial charge in [0.25, 0.3) is 11.8 Å². The molecule has 1 aliphatic rings. The molecule has 0 aliphatic heterocycles. The molecular formula is C30H34FN9O4. The highest BCUT2D eigenvalue weighted by Crippen LogP contribution is 2.33. The Hall–Kier alpha value is -5.27. The van der Waals surface area contributed by atoms with Crippen molar-refractivity contribution in [2.24, 2.45) is 11.7 Å². The largest absolute Gasteiger partial charge is 0.496 e. The first-order valence-electron chi connectivity index (χ1n) is 14.2. The van der Waals surface area contributed by atoms with E-state index in [0.717, 1.165) is 37.3 Å². The molecule has 2 atom stereocenters. The molecule has 0 radical (unpaired) electrons. The number of nitrogens with two attached hydrogens (primary N) is 2. The lowest BCUT2D eigenvalue weighted by Gasteiger charge is -2.37. The average molecular weight is 604 g/mol. The van der Waals surface area contributed by atoms with Crippen molar-refractivity contribution in [3.63, 3.8) is 0 Å². The minimum Gasteiger partial charge on any atom is -0.496 e. The van der Waals surface area contributed by atoms with E-state index in [9.17, 15) is 18.8 Å². The quantitative estimate of drug-likeness (QED) is 0.261. The molecule has 0 spiro atoms. The van der Waals surface area contributed by atoms with Crippen LogP contribution in [0.2, 0.25) is 0 Å². The number of hydrogen-bond donors (Lipinski definition) is 3. The Balaban J connectivity index is 1.32. The highest BCUT2D eigenvalue weighted by Gasteiger charge is 2.33. The first-order chi connectivity index (χ1) is 21.2. The van der Waals surface area contributed by atoms with Gasteiger partial charge in [0.05, 0.1) is 12.7 Å². The van der Waals surface area contributed by atoms with Crippen LogP contribution in [0.4, 0.5) is 15.0 Å². The second-order valence-electron chi connectivity index (χ2n) is 10.7. The minimum absolute atomic E-state index is 0.0275. The standard InChI is InChI=1S/C30H34FN9O4/c1-38(30(43)40-17-34-16-36-40)23-6-4-3-5-20(23)15-39-27(32)25(28(33)41)26(37-39)19-9-7-18(8-10-19)14-35-29(42)22-13-21(31)11-12-24(22)44-2/h7-13,16-17,20,23H,3-6,14-15,32H2,1-2H3,(H2,33,41)(H,35,42). The van der Waals surface area contributed by atoms with Gasteiger partial charge in [-0.3, -0.25) is 9.59 Å². The van der Waals surface area contributed by atoms with E-state index in [1.807, 2.05) is 0 Å². The third-order valence-corrected chi connectivity index (χ3v) is 8.02. The van der Waals surface area contributed by atoms with E-state index >= 15 is 0 Å². The molecule has 230 valence electrons. The van der Waals surface area contributed by atoms with Crippen LogP contribution in [-0.4, -0.2) is 67.5 Å². The number of anilines is 1. The number of aromatic nitrogens is 5. The summed E-state index contributed by atoms with van der Waals surface area (Å²) in [5.41, 5.74) is 14.1. The molecule has 1 fully saturated rings. The number of halogens is 1. The zero-order chi connectivity index (χ0) is 31.4. The van der Waals surface area contributed by atoms with E-state index in [-0.39, 0.29) is 47.2 Å². The van der Waals surface area contributed by atoms with Gasteiger partial charge in [0.15, 0.2) is 0 Å². The van der Waals surface area contributed by atoms with Gasteiger partial charge in [-0.25, -0.2) is 18.9 Å². The van der Waals surface area contributed by atoms with Gasteiger partial charge in [-0.2, -0.15) is 14.9 Å². The van der Waals surface area contributed by atoms with Gasteiger partial charge in [-0.05, 0) is 42.5 Å². The molecule has 5 N–H and O–H groups in total. The number of nitrogens with zero attached hydrogens (tertiary/aromatic N) is 6. The van der Waals surface area contributed by atoms with Crippen molar-refractivity contribution in [3.8, 4) is 17.0 Å². The molecule has 4 aromatic rings. The molecule has 1 saturated carbocycles. The summed E-state index contributed by atoms with van der Waals surface area (Å²) in [5, 5.41) is 11.4. The third-order valence-electron chi connectivity index (χ3n) is 8.02. The highest BCUT2D eigenvalue weighted by atomic mass is 19.1. The normalized spacial score (nSPS) is 16.3. The van der Waals surface area contributed by atoms with Gasteiger partial charge in [-0.1, -0.05) is 37.1 Å². The second kappa shape index (κ2) is 12.9. The SMILES string of the molecule is COc1ccc(F)cc1C(=O)NCc1ccc(-c2nn(CC3CCCCC3N(C)C(=O)n3cncn3)c(N)c2C(N)=O)cc1. The Morgan fingerprint density at radius 3 is 2.57 bits per heavy atom. The second-order valence-corrected chi connectivity index (χ2v) is 10.7. The molecule has 44 heavy (non-hydrogen) atoms. The van der Waals surface area contributed by atoms with Gasteiger partial charge >= 0.3 is 6.03 Å². The molecule has 5 rings (SSSR count). The fraction of sp³-hybridized carbons (Fsp3) is 0.333. The fourth-order valence-corrected chi connectivity index (χ4v) is 5.72. The summed E-state index contributed by atoms with van der Waals surface area (Å²) in [5.74, 6) is -1.29. The van der Waals surface area contributed by atoms with E-state index in [0.29, 0.717) is 17.8 Å². The Morgan fingerprint density at radius 2 is 1.89 bits per heavy atom. The predicted molar refractivity (Wildman–Crippen MR) is 159 cm³/mol. The number of methoxy groups -OCH3 is 1. The number of primary amides is 1. The maximum Gasteiger partial charge on any atom is 0.346 e. The van der Waals surface area contributed by atoms with Crippen LogP contribution in [0.5, 0.6) is 5.75 Å². The third kappa shape index (κ3) is 6.23. The summed E-state index contributed by atoms with van der Waals surface area (Å²) in [6.07, 6.45) is 6.31.